The van der Waals surface area contributed by atoms with Gasteiger partial charge in [0.25, 0.3) is 11.4 Å². The van der Waals surface area contributed by atoms with Crippen molar-refractivity contribution in [1.29, 1.82) is 0 Å². The van der Waals surface area contributed by atoms with Crippen molar-refractivity contribution in [2.75, 3.05) is 6.61 Å². The van der Waals surface area contributed by atoms with E-state index in [2.05, 4.69) is 20.8 Å². The molecule has 1 aliphatic heterocycles. The van der Waals surface area contributed by atoms with Crippen LogP contribution in [0.15, 0.2) is 12.1 Å². The highest BCUT2D eigenvalue weighted by atomic mass is 35.5. The molecule has 1 saturated carbocycles. The van der Waals surface area contributed by atoms with Crippen molar-refractivity contribution in [3.05, 3.63) is 22.7 Å². The Balaban J connectivity index is 2.10. The van der Waals surface area contributed by atoms with Crippen molar-refractivity contribution in [2.45, 2.75) is 63.8 Å². The van der Waals surface area contributed by atoms with Crippen molar-refractivity contribution in [2.24, 2.45) is 0 Å². The number of rotatable bonds is 2. The number of hydrogen-bond donors (Lipinski definition) is 1. The molecule has 0 radical (unpaired) electrons. The van der Waals surface area contributed by atoms with E-state index in [4.69, 9.17) is 25.8 Å². The van der Waals surface area contributed by atoms with Crippen LogP contribution >= 0.6 is 11.6 Å². The minimum Gasteiger partial charge on any atom is -0.463 e. The number of fused-ring (bicyclic) bond motifs is 2. The molecule has 1 aromatic rings. The highest BCUT2D eigenvalue weighted by Crippen LogP contribution is 2.54. The molecule has 1 heterocycles. The van der Waals surface area contributed by atoms with E-state index in [1.165, 1.54) is 0 Å². The molecule has 1 aromatic carbocycles. The summed E-state index contributed by atoms with van der Waals surface area (Å²) < 4.78 is 17.0. The third kappa shape index (κ3) is 2.45. The normalized spacial score (nSPS) is 28.4. The highest BCUT2D eigenvalue weighted by Gasteiger charge is 2.67. The van der Waals surface area contributed by atoms with Crippen molar-refractivity contribution in [3.63, 3.8) is 0 Å². The summed E-state index contributed by atoms with van der Waals surface area (Å²) in [6.07, 6.45) is 1.20. The van der Waals surface area contributed by atoms with Crippen LogP contribution in [0.1, 0.15) is 52.5 Å². The Morgan fingerprint density at radius 2 is 2.04 bits per heavy atom. The second-order valence-corrected chi connectivity index (χ2v) is 7.83. The summed E-state index contributed by atoms with van der Waals surface area (Å²) >= 11 is 6.39. The number of aliphatic hydroxyl groups is 1. The van der Waals surface area contributed by atoms with Gasteiger partial charge >= 0.3 is 5.97 Å². The number of hydrogen-bond acceptors (Lipinski definition) is 5. The second-order valence-electron chi connectivity index (χ2n) is 7.42. The summed E-state index contributed by atoms with van der Waals surface area (Å²) in [4.78, 5) is 12.5. The van der Waals surface area contributed by atoms with E-state index in [1.54, 1.807) is 6.92 Å². The van der Waals surface area contributed by atoms with E-state index in [-0.39, 0.29) is 17.8 Å². The molecule has 1 aliphatic carbocycles. The lowest BCUT2D eigenvalue weighted by Crippen LogP contribution is -2.65. The topological polar surface area (TPSA) is 65.0 Å². The fraction of sp³-hybridized carbons (Fsp3) is 0.611. The van der Waals surface area contributed by atoms with E-state index < -0.39 is 17.4 Å². The van der Waals surface area contributed by atoms with Crippen LogP contribution in [-0.4, -0.2) is 29.1 Å². The van der Waals surface area contributed by atoms with E-state index >= 15 is 0 Å². The maximum absolute atomic E-state index is 12.5. The van der Waals surface area contributed by atoms with Gasteiger partial charge in [-0.3, -0.25) is 0 Å². The zero-order valence-corrected chi connectivity index (χ0v) is 15.2. The highest BCUT2D eigenvalue weighted by molar-refractivity contribution is 6.32. The summed E-state index contributed by atoms with van der Waals surface area (Å²) in [6.45, 7) is 8.08. The molecule has 3 rings (SSSR count). The lowest BCUT2D eigenvalue weighted by atomic mass is 9.86. The fourth-order valence-electron chi connectivity index (χ4n) is 3.32. The first-order chi connectivity index (χ1) is 11.1. The molecule has 24 heavy (non-hydrogen) atoms. The molecule has 1 N–H and O–H groups in total. The lowest BCUT2D eigenvalue weighted by molar-refractivity contribution is -0.250. The van der Waals surface area contributed by atoms with Crippen LogP contribution in [0.4, 0.5) is 0 Å². The lowest BCUT2D eigenvalue weighted by Gasteiger charge is -2.44. The molecular weight excluding hydrogens is 332 g/mol. The number of esters is 1. The molecule has 0 amide bonds. The first-order valence-corrected chi connectivity index (χ1v) is 8.62. The van der Waals surface area contributed by atoms with Gasteiger partial charge in [-0.15, -0.1) is 0 Å². The number of halogens is 1. The molecule has 0 saturated heterocycles. The summed E-state index contributed by atoms with van der Waals surface area (Å²) in [5, 5.41) is 11.4. The Morgan fingerprint density at radius 3 is 2.67 bits per heavy atom. The first-order valence-electron chi connectivity index (χ1n) is 8.24. The summed E-state index contributed by atoms with van der Waals surface area (Å²) in [5.41, 5.74) is -0.751. The SMILES string of the molecule is CCOC(=O)[C@@]12CCC[C@]1(O)Oc1cc(C(C)(C)C)cc(Cl)c1O2. The largest absolute Gasteiger partial charge is 0.463 e. The minimum atomic E-state index is -1.74. The van der Waals surface area contributed by atoms with Gasteiger partial charge in [0.05, 0.1) is 11.6 Å². The number of carbonyl (C=O) groups excluding carboxylic acids is 1. The van der Waals surface area contributed by atoms with Crippen LogP contribution in [0, 0.1) is 0 Å². The monoisotopic (exact) mass is 354 g/mol. The van der Waals surface area contributed by atoms with Crippen LogP contribution in [0.3, 0.4) is 0 Å². The third-order valence-electron chi connectivity index (χ3n) is 4.71. The standard InChI is InChI=1S/C18H23ClO5/c1-5-22-15(20)17-7-6-8-18(17,21)23-13-10-11(16(2,3)4)9-12(19)14(13)24-17/h9-10,21H,5-8H2,1-4H3/t17-,18-/m0/s1. The molecule has 132 valence electrons. The van der Waals surface area contributed by atoms with Gasteiger partial charge in [-0.05, 0) is 36.5 Å². The minimum absolute atomic E-state index is 0.143. The van der Waals surface area contributed by atoms with Gasteiger partial charge in [-0.1, -0.05) is 32.4 Å². The molecule has 1 fully saturated rings. The van der Waals surface area contributed by atoms with Crippen LogP contribution in [0.2, 0.25) is 5.02 Å². The predicted molar refractivity (Wildman–Crippen MR) is 89.6 cm³/mol. The average Bonchev–Trinajstić information content (AvgIpc) is 2.81. The third-order valence-corrected chi connectivity index (χ3v) is 4.99. The van der Waals surface area contributed by atoms with Gasteiger partial charge in [0.1, 0.15) is 0 Å². The van der Waals surface area contributed by atoms with Crippen LogP contribution in [0.25, 0.3) is 0 Å². The van der Waals surface area contributed by atoms with Crippen molar-refractivity contribution >= 4 is 17.6 Å². The summed E-state index contributed by atoms with van der Waals surface area (Å²) in [7, 11) is 0. The van der Waals surface area contributed by atoms with E-state index in [9.17, 15) is 9.90 Å². The first kappa shape index (κ1) is 17.4. The predicted octanol–water partition coefficient (Wildman–Crippen LogP) is 3.58. The Labute approximate surface area is 146 Å². The Hall–Kier alpha value is -1.46. The number of carbonyl (C=O) groups is 1. The average molecular weight is 355 g/mol. The molecule has 5 nitrogen and oxygen atoms in total. The maximum atomic E-state index is 12.5. The summed E-state index contributed by atoms with van der Waals surface area (Å²) in [5.74, 6) is -1.72. The quantitative estimate of drug-likeness (QED) is 0.822. The Kier molecular flexibility index (Phi) is 4.00. The molecule has 0 spiro atoms. The molecular formula is C18H23ClO5. The van der Waals surface area contributed by atoms with E-state index in [1.807, 2.05) is 12.1 Å². The number of benzene rings is 1. The second kappa shape index (κ2) is 5.53. The molecule has 2 aliphatic rings. The van der Waals surface area contributed by atoms with Gasteiger partial charge < -0.3 is 19.3 Å². The van der Waals surface area contributed by atoms with E-state index in [0.717, 1.165) is 5.56 Å². The van der Waals surface area contributed by atoms with Crippen LogP contribution in [-0.2, 0) is 14.9 Å². The molecule has 2 atom stereocenters. The van der Waals surface area contributed by atoms with E-state index in [0.29, 0.717) is 30.0 Å². The Morgan fingerprint density at radius 1 is 1.33 bits per heavy atom. The summed E-state index contributed by atoms with van der Waals surface area (Å²) in [6, 6.07) is 3.62. The molecule has 6 heteroatoms. The van der Waals surface area contributed by atoms with Gasteiger partial charge in [0, 0.05) is 12.8 Å². The fourth-order valence-corrected chi connectivity index (χ4v) is 3.57. The van der Waals surface area contributed by atoms with Crippen LogP contribution < -0.4 is 9.47 Å². The van der Waals surface area contributed by atoms with Crippen molar-refractivity contribution in [3.8, 4) is 11.5 Å². The molecule has 0 unspecified atom stereocenters. The zero-order chi connectivity index (χ0) is 17.8. The number of ether oxygens (including phenoxy) is 3. The van der Waals surface area contributed by atoms with Crippen molar-refractivity contribution < 1.29 is 24.1 Å². The Bertz CT molecular complexity index is 681. The van der Waals surface area contributed by atoms with Crippen molar-refractivity contribution in [1.82, 2.24) is 0 Å². The smallest absolute Gasteiger partial charge is 0.357 e. The van der Waals surface area contributed by atoms with Gasteiger partial charge in [0.2, 0.25) is 0 Å². The van der Waals surface area contributed by atoms with Gasteiger partial charge in [-0.2, -0.15) is 0 Å². The van der Waals surface area contributed by atoms with Crippen LogP contribution in [0.5, 0.6) is 11.5 Å². The molecule has 0 bridgehead atoms. The zero-order valence-electron chi connectivity index (χ0n) is 14.4. The van der Waals surface area contributed by atoms with Gasteiger partial charge in [-0.25, -0.2) is 4.79 Å². The van der Waals surface area contributed by atoms with Gasteiger partial charge in [0.15, 0.2) is 11.5 Å². The maximum Gasteiger partial charge on any atom is 0.357 e. The molecule has 0 aromatic heterocycles.